The van der Waals surface area contributed by atoms with Crippen LogP contribution < -0.4 is 10.1 Å². The number of ether oxygens (including phenoxy) is 1. The number of hydrogen-bond acceptors (Lipinski definition) is 5. The topological polar surface area (TPSA) is 54.5 Å². The molecule has 1 saturated carbocycles. The molecule has 5 nitrogen and oxygen atoms in total. The molecule has 1 aromatic heterocycles. The first-order valence-corrected chi connectivity index (χ1v) is 10.7. The SMILES string of the molecule is CC(F)(F)COc1nc2c(s1)CCN(CCC1CCC(NC=O)CC1)CC2. The first kappa shape index (κ1) is 20.5. The third-order valence-corrected chi connectivity index (χ3v) is 6.60. The number of nitrogens with zero attached hydrogens (tertiary/aromatic N) is 2. The number of rotatable bonds is 8. The van der Waals surface area contributed by atoms with E-state index >= 15 is 0 Å². The summed E-state index contributed by atoms with van der Waals surface area (Å²) in [7, 11) is 0. The molecule has 2 aliphatic rings. The number of halogens is 2. The van der Waals surface area contributed by atoms with Crippen LogP contribution in [0.4, 0.5) is 8.78 Å². The predicted octanol–water partition coefficient (Wildman–Crippen LogP) is 3.27. The summed E-state index contributed by atoms with van der Waals surface area (Å²) in [6.45, 7) is 3.28. The Balaban J connectivity index is 1.40. The molecule has 0 bridgehead atoms. The van der Waals surface area contributed by atoms with Gasteiger partial charge in [-0.1, -0.05) is 11.3 Å². The number of thiazole rings is 1. The van der Waals surface area contributed by atoms with E-state index in [4.69, 9.17) is 4.74 Å². The first-order valence-electron chi connectivity index (χ1n) is 9.84. The monoisotopic (exact) mass is 401 g/mol. The smallest absolute Gasteiger partial charge is 0.278 e. The molecule has 0 unspecified atom stereocenters. The first-order chi connectivity index (χ1) is 12.9. The van der Waals surface area contributed by atoms with E-state index in [2.05, 4.69) is 15.2 Å². The summed E-state index contributed by atoms with van der Waals surface area (Å²) in [4.78, 5) is 18.6. The molecule has 0 saturated heterocycles. The molecule has 152 valence electrons. The summed E-state index contributed by atoms with van der Waals surface area (Å²) in [5.74, 6) is -2.08. The maximum absolute atomic E-state index is 12.9. The Morgan fingerprint density at radius 3 is 2.74 bits per heavy atom. The van der Waals surface area contributed by atoms with Crippen molar-refractivity contribution in [2.45, 2.75) is 63.8 Å². The van der Waals surface area contributed by atoms with Gasteiger partial charge in [-0.15, -0.1) is 0 Å². The summed E-state index contributed by atoms with van der Waals surface area (Å²) in [6, 6.07) is 0.364. The molecule has 0 spiro atoms. The van der Waals surface area contributed by atoms with Gasteiger partial charge in [0.05, 0.1) is 5.69 Å². The second-order valence-electron chi connectivity index (χ2n) is 7.84. The fourth-order valence-electron chi connectivity index (χ4n) is 3.94. The van der Waals surface area contributed by atoms with Gasteiger partial charge in [-0.05, 0) is 51.0 Å². The minimum atomic E-state index is -2.83. The fourth-order valence-corrected chi connectivity index (χ4v) is 4.88. The average molecular weight is 402 g/mol. The number of alkyl halides is 2. The van der Waals surface area contributed by atoms with Crippen LogP contribution in [0.1, 0.15) is 49.6 Å². The molecule has 1 fully saturated rings. The molecule has 1 aliphatic heterocycles. The Bertz CT molecular complexity index is 587. The van der Waals surface area contributed by atoms with E-state index < -0.39 is 12.5 Å². The Hall–Kier alpha value is -1.28. The van der Waals surface area contributed by atoms with Crippen molar-refractivity contribution >= 4 is 17.7 Å². The zero-order valence-electron chi connectivity index (χ0n) is 15.9. The van der Waals surface area contributed by atoms with Crippen molar-refractivity contribution in [3.05, 3.63) is 10.6 Å². The number of aromatic nitrogens is 1. The van der Waals surface area contributed by atoms with Gasteiger partial charge in [-0.25, -0.2) is 13.8 Å². The number of carbonyl (C=O) groups is 1. The van der Waals surface area contributed by atoms with Crippen LogP contribution in [0.3, 0.4) is 0 Å². The number of amides is 1. The molecule has 1 amide bonds. The van der Waals surface area contributed by atoms with Crippen LogP contribution in [0, 0.1) is 5.92 Å². The Morgan fingerprint density at radius 2 is 2.04 bits per heavy atom. The Kier molecular flexibility index (Phi) is 7.03. The zero-order chi connectivity index (χ0) is 19.3. The standard InChI is InChI=1S/C19H29F2N3O2S/c1-19(20,21)12-26-18-23-16-7-10-24(11-8-17(16)27-18)9-6-14-2-4-15(5-3-14)22-13-25/h13-15H,2-12H2,1H3,(H,22,25). The van der Waals surface area contributed by atoms with E-state index in [1.54, 1.807) is 0 Å². The van der Waals surface area contributed by atoms with Gasteiger partial charge in [0.15, 0.2) is 6.61 Å². The summed E-state index contributed by atoms with van der Waals surface area (Å²) in [5.41, 5.74) is 1.01. The lowest BCUT2D eigenvalue weighted by Gasteiger charge is -2.30. The number of fused-ring (bicyclic) bond motifs is 1. The molecule has 1 aliphatic carbocycles. The molecule has 0 aromatic carbocycles. The van der Waals surface area contributed by atoms with Crippen molar-refractivity contribution in [2.75, 3.05) is 26.2 Å². The number of carbonyl (C=O) groups excluding carboxylic acids is 1. The minimum absolute atomic E-state index is 0.364. The third-order valence-electron chi connectivity index (χ3n) is 5.53. The zero-order valence-corrected chi connectivity index (χ0v) is 16.7. The van der Waals surface area contributed by atoms with Gasteiger partial charge in [-0.2, -0.15) is 0 Å². The highest BCUT2D eigenvalue weighted by Crippen LogP contribution is 2.30. The van der Waals surface area contributed by atoms with E-state index in [1.807, 2.05) is 0 Å². The van der Waals surface area contributed by atoms with Crippen molar-refractivity contribution < 1.29 is 18.3 Å². The van der Waals surface area contributed by atoms with Crippen molar-refractivity contribution in [2.24, 2.45) is 5.92 Å². The van der Waals surface area contributed by atoms with E-state index in [0.717, 1.165) is 70.3 Å². The highest BCUT2D eigenvalue weighted by molar-refractivity contribution is 7.13. The van der Waals surface area contributed by atoms with Gasteiger partial charge in [0.2, 0.25) is 6.41 Å². The molecule has 8 heteroatoms. The predicted molar refractivity (Wildman–Crippen MR) is 102 cm³/mol. The van der Waals surface area contributed by atoms with Crippen molar-refractivity contribution in [1.29, 1.82) is 0 Å². The highest BCUT2D eigenvalue weighted by atomic mass is 32.1. The fraction of sp³-hybridized carbons (Fsp3) is 0.789. The van der Waals surface area contributed by atoms with Crippen LogP contribution in [0.25, 0.3) is 0 Å². The van der Waals surface area contributed by atoms with Gasteiger partial charge < -0.3 is 15.0 Å². The van der Waals surface area contributed by atoms with Crippen LogP contribution in [0.15, 0.2) is 0 Å². The quantitative estimate of drug-likeness (QED) is 0.680. The summed E-state index contributed by atoms with van der Waals surface area (Å²) in [6.07, 6.45) is 8.35. The maximum Gasteiger partial charge on any atom is 0.278 e. The van der Waals surface area contributed by atoms with Gasteiger partial charge in [0.1, 0.15) is 0 Å². The summed E-state index contributed by atoms with van der Waals surface area (Å²) < 4.78 is 31.0. The average Bonchev–Trinajstić information content (AvgIpc) is 2.93. The van der Waals surface area contributed by atoms with Gasteiger partial charge in [-0.3, -0.25) is 4.79 Å². The van der Waals surface area contributed by atoms with Crippen LogP contribution in [-0.2, 0) is 17.6 Å². The van der Waals surface area contributed by atoms with E-state index in [9.17, 15) is 13.6 Å². The Labute approximate surface area is 163 Å². The number of nitrogens with one attached hydrogen (secondary N) is 1. The number of hydrogen-bond donors (Lipinski definition) is 1. The van der Waals surface area contributed by atoms with Crippen LogP contribution >= 0.6 is 11.3 Å². The van der Waals surface area contributed by atoms with Crippen LogP contribution in [-0.4, -0.2) is 54.5 Å². The van der Waals surface area contributed by atoms with Gasteiger partial charge in [0, 0.05) is 37.4 Å². The van der Waals surface area contributed by atoms with Crippen LogP contribution in [0.2, 0.25) is 0 Å². The molecule has 1 aromatic rings. The lowest BCUT2D eigenvalue weighted by Crippen LogP contribution is -2.34. The van der Waals surface area contributed by atoms with E-state index in [-0.39, 0.29) is 0 Å². The van der Waals surface area contributed by atoms with Gasteiger partial charge >= 0.3 is 0 Å². The summed E-state index contributed by atoms with van der Waals surface area (Å²) in [5, 5.41) is 3.27. The lowest BCUT2D eigenvalue weighted by molar-refractivity contribution is -0.110. The normalized spacial score (nSPS) is 24.1. The molecule has 3 rings (SSSR count). The highest BCUT2D eigenvalue weighted by Gasteiger charge is 2.25. The Morgan fingerprint density at radius 1 is 1.30 bits per heavy atom. The molecular weight excluding hydrogens is 372 g/mol. The lowest BCUT2D eigenvalue weighted by atomic mass is 9.84. The largest absolute Gasteiger partial charge is 0.464 e. The van der Waals surface area contributed by atoms with Crippen molar-refractivity contribution in [1.82, 2.24) is 15.2 Å². The van der Waals surface area contributed by atoms with Crippen molar-refractivity contribution in [3.8, 4) is 5.19 Å². The molecule has 0 radical (unpaired) electrons. The molecule has 2 heterocycles. The van der Waals surface area contributed by atoms with Crippen molar-refractivity contribution in [3.63, 3.8) is 0 Å². The second-order valence-corrected chi connectivity index (χ2v) is 8.89. The van der Waals surface area contributed by atoms with Gasteiger partial charge in [0.25, 0.3) is 11.1 Å². The minimum Gasteiger partial charge on any atom is -0.464 e. The molecule has 27 heavy (non-hydrogen) atoms. The molecule has 1 N–H and O–H groups in total. The van der Waals surface area contributed by atoms with Crippen LogP contribution in [0.5, 0.6) is 5.19 Å². The molecule has 0 atom stereocenters. The third kappa shape index (κ3) is 6.38. The second kappa shape index (κ2) is 9.28. The molecular formula is C19H29F2N3O2S. The maximum atomic E-state index is 12.9. The van der Waals surface area contributed by atoms with E-state index in [1.165, 1.54) is 35.5 Å². The van der Waals surface area contributed by atoms with E-state index in [0.29, 0.717) is 11.2 Å². The summed E-state index contributed by atoms with van der Waals surface area (Å²) >= 11 is 1.41.